The Labute approximate surface area is 260 Å². The molecule has 1 N–H and O–H groups in total. The molecule has 2 unspecified atom stereocenters. The van der Waals surface area contributed by atoms with Gasteiger partial charge in [0.15, 0.2) is 6.10 Å². The zero-order valence-electron chi connectivity index (χ0n) is 24.2. The van der Waals surface area contributed by atoms with E-state index in [1.54, 1.807) is 48.5 Å². The second-order valence-electron chi connectivity index (χ2n) is 10.5. The lowest BCUT2D eigenvalue weighted by atomic mass is 10.1. The maximum absolute atomic E-state index is 13.9. The molecular weight excluding hydrogens is 574 g/mol. The van der Waals surface area contributed by atoms with Crippen molar-refractivity contribution < 1.29 is 19.1 Å². The SMILES string of the molecule is CCC(Oc1cccc2ccccc12)C(=O)Nc1ccccc1N1N=C(c2ccc(Cl)cc2)C(Oc2ccc(C)cc2)C1=O. The van der Waals surface area contributed by atoms with Gasteiger partial charge in [-0.3, -0.25) is 9.59 Å². The molecule has 1 aliphatic rings. The number of carbonyl (C=O) groups excluding carboxylic acids is 2. The zero-order valence-corrected chi connectivity index (χ0v) is 25.0. The van der Waals surface area contributed by atoms with E-state index in [0.717, 1.165) is 16.3 Å². The normalized spacial score (nSPS) is 15.2. The molecule has 1 aliphatic heterocycles. The molecule has 8 heteroatoms. The molecule has 7 nitrogen and oxygen atoms in total. The molecule has 44 heavy (non-hydrogen) atoms. The van der Waals surface area contributed by atoms with Gasteiger partial charge >= 0.3 is 0 Å². The van der Waals surface area contributed by atoms with Crippen LogP contribution in [0.2, 0.25) is 5.02 Å². The highest BCUT2D eigenvalue weighted by Gasteiger charge is 2.40. The number of rotatable bonds is 9. The van der Waals surface area contributed by atoms with E-state index in [1.165, 1.54) is 5.01 Å². The molecule has 220 valence electrons. The van der Waals surface area contributed by atoms with Crippen molar-refractivity contribution in [2.45, 2.75) is 32.5 Å². The molecule has 0 spiro atoms. The molecule has 2 atom stereocenters. The van der Waals surface area contributed by atoms with Crippen LogP contribution >= 0.6 is 11.6 Å². The van der Waals surface area contributed by atoms with Gasteiger partial charge in [-0.05, 0) is 61.2 Å². The third kappa shape index (κ3) is 6.00. The standard InChI is InChI=1S/C36H30ClN3O4/c1-3-31(44-32-14-8-10-24-9-4-5-11-28(24)32)35(41)38-29-12-6-7-13-30(29)40-36(42)34(43-27-21-15-23(2)16-22-27)33(39-40)25-17-19-26(37)20-18-25/h4-22,31,34H,3H2,1-2H3,(H,38,41). The van der Waals surface area contributed by atoms with Gasteiger partial charge in [-0.2, -0.15) is 10.1 Å². The number of amides is 2. The Morgan fingerprint density at radius 3 is 2.39 bits per heavy atom. The molecule has 6 rings (SSSR count). The van der Waals surface area contributed by atoms with Crippen LogP contribution < -0.4 is 19.8 Å². The van der Waals surface area contributed by atoms with Crippen molar-refractivity contribution in [3.05, 3.63) is 131 Å². The molecule has 5 aromatic rings. The zero-order chi connectivity index (χ0) is 30.6. The van der Waals surface area contributed by atoms with Gasteiger partial charge in [0.2, 0.25) is 6.10 Å². The summed E-state index contributed by atoms with van der Waals surface area (Å²) >= 11 is 6.14. The first-order chi connectivity index (χ1) is 21.4. The molecule has 5 aromatic carbocycles. The van der Waals surface area contributed by atoms with Crippen molar-refractivity contribution in [1.29, 1.82) is 0 Å². The van der Waals surface area contributed by atoms with Crippen LogP contribution in [-0.4, -0.2) is 29.7 Å². The first-order valence-electron chi connectivity index (χ1n) is 14.4. The number of aryl methyl sites for hydroxylation is 1. The van der Waals surface area contributed by atoms with Crippen molar-refractivity contribution in [3.8, 4) is 11.5 Å². The number of hydrogen-bond acceptors (Lipinski definition) is 5. The molecule has 2 amide bonds. The van der Waals surface area contributed by atoms with Gasteiger partial charge in [-0.1, -0.05) is 96.9 Å². The fraction of sp³-hybridized carbons (Fsp3) is 0.139. The van der Waals surface area contributed by atoms with E-state index in [2.05, 4.69) is 5.32 Å². The molecule has 0 fully saturated rings. The average Bonchev–Trinajstić information content (AvgIpc) is 3.36. The Bertz CT molecular complexity index is 1850. The molecular formula is C36H30ClN3O4. The number of para-hydroxylation sites is 2. The number of nitrogens with zero attached hydrogens (tertiary/aromatic N) is 2. The van der Waals surface area contributed by atoms with Gasteiger partial charge in [-0.25, -0.2) is 0 Å². The number of hydrazone groups is 1. The number of carbonyl (C=O) groups is 2. The molecule has 0 saturated heterocycles. The number of halogens is 1. The third-order valence-electron chi connectivity index (χ3n) is 7.38. The number of nitrogens with one attached hydrogen (secondary N) is 1. The molecule has 0 bridgehead atoms. The number of benzene rings is 5. The van der Waals surface area contributed by atoms with Crippen molar-refractivity contribution in [3.63, 3.8) is 0 Å². The summed E-state index contributed by atoms with van der Waals surface area (Å²) in [7, 11) is 0. The van der Waals surface area contributed by atoms with Crippen LogP contribution in [-0.2, 0) is 9.59 Å². The second kappa shape index (κ2) is 12.6. The minimum atomic E-state index is -1.01. The smallest absolute Gasteiger partial charge is 0.294 e. The van der Waals surface area contributed by atoms with E-state index in [4.69, 9.17) is 26.2 Å². The van der Waals surface area contributed by atoms with E-state index in [0.29, 0.717) is 45.6 Å². The predicted octanol–water partition coefficient (Wildman–Crippen LogP) is 7.80. The minimum Gasteiger partial charge on any atom is -0.480 e. The quantitative estimate of drug-likeness (QED) is 0.186. The molecule has 0 aromatic heterocycles. The highest BCUT2D eigenvalue weighted by Crippen LogP contribution is 2.33. The lowest BCUT2D eigenvalue weighted by Crippen LogP contribution is -2.37. The number of ether oxygens (including phenoxy) is 2. The molecule has 0 radical (unpaired) electrons. The predicted molar refractivity (Wildman–Crippen MR) is 175 cm³/mol. The van der Waals surface area contributed by atoms with Gasteiger partial charge < -0.3 is 14.8 Å². The lowest BCUT2D eigenvalue weighted by Gasteiger charge is -2.21. The summed E-state index contributed by atoms with van der Waals surface area (Å²) in [5.74, 6) is 0.432. The number of anilines is 2. The van der Waals surface area contributed by atoms with Gasteiger partial charge in [0.25, 0.3) is 11.8 Å². The highest BCUT2D eigenvalue weighted by molar-refractivity contribution is 6.31. The fourth-order valence-corrected chi connectivity index (χ4v) is 5.18. The van der Waals surface area contributed by atoms with E-state index >= 15 is 0 Å². The Morgan fingerprint density at radius 1 is 0.909 bits per heavy atom. The van der Waals surface area contributed by atoms with Gasteiger partial charge in [0.1, 0.15) is 17.2 Å². The first-order valence-corrected chi connectivity index (χ1v) is 14.7. The highest BCUT2D eigenvalue weighted by atomic mass is 35.5. The van der Waals surface area contributed by atoms with Crippen molar-refractivity contribution >= 4 is 51.3 Å². The Kier molecular flexibility index (Phi) is 8.30. The topological polar surface area (TPSA) is 80.2 Å². The van der Waals surface area contributed by atoms with Crippen molar-refractivity contribution in [2.24, 2.45) is 5.10 Å². The number of fused-ring (bicyclic) bond motifs is 1. The Hall–Kier alpha value is -5.14. The van der Waals surface area contributed by atoms with Crippen LogP contribution in [0, 0.1) is 6.92 Å². The molecule has 1 heterocycles. The monoisotopic (exact) mass is 603 g/mol. The largest absolute Gasteiger partial charge is 0.480 e. The van der Waals surface area contributed by atoms with Crippen LogP contribution in [0.4, 0.5) is 11.4 Å². The Balaban J connectivity index is 1.29. The summed E-state index contributed by atoms with van der Waals surface area (Å²) in [6, 6.07) is 35.2. The Morgan fingerprint density at radius 2 is 1.61 bits per heavy atom. The van der Waals surface area contributed by atoms with Crippen molar-refractivity contribution in [2.75, 3.05) is 10.3 Å². The van der Waals surface area contributed by atoms with Crippen LogP contribution in [0.25, 0.3) is 10.8 Å². The van der Waals surface area contributed by atoms with Gasteiger partial charge in [0.05, 0.1) is 11.4 Å². The first kappa shape index (κ1) is 29.0. The molecule has 0 saturated carbocycles. The maximum Gasteiger partial charge on any atom is 0.294 e. The summed E-state index contributed by atoms with van der Waals surface area (Å²) < 4.78 is 12.4. The summed E-state index contributed by atoms with van der Waals surface area (Å²) in [4.78, 5) is 27.5. The van der Waals surface area contributed by atoms with Crippen LogP contribution in [0.3, 0.4) is 0 Å². The third-order valence-corrected chi connectivity index (χ3v) is 7.63. The van der Waals surface area contributed by atoms with Gasteiger partial charge in [0, 0.05) is 16.0 Å². The average molecular weight is 604 g/mol. The van der Waals surface area contributed by atoms with Gasteiger partial charge in [-0.15, -0.1) is 0 Å². The van der Waals surface area contributed by atoms with E-state index in [1.807, 2.05) is 80.6 Å². The van der Waals surface area contributed by atoms with Crippen LogP contribution in [0.15, 0.2) is 120 Å². The maximum atomic E-state index is 13.9. The van der Waals surface area contributed by atoms with E-state index in [9.17, 15) is 9.59 Å². The minimum absolute atomic E-state index is 0.339. The summed E-state index contributed by atoms with van der Waals surface area (Å²) in [6.45, 7) is 3.87. The fourth-order valence-electron chi connectivity index (χ4n) is 5.05. The van der Waals surface area contributed by atoms with Crippen LogP contribution in [0.5, 0.6) is 11.5 Å². The van der Waals surface area contributed by atoms with Crippen molar-refractivity contribution in [1.82, 2.24) is 0 Å². The number of hydrogen-bond donors (Lipinski definition) is 1. The van der Waals surface area contributed by atoms with E-state index < -0.39 is 18.1 Å². The van der Waals surface area contributed by atoms with E-state index in [-0.39, 0.29) is 5.91 Å². The van der Waals surface area contributed by atoms with Crippen LogP contribution in [0.1, 0.15) is 24.5 Å². The summed E-state index contributed by atoms with van der Waals surface area (Å²) in [5, 5.41) is 11.5. The second-order valence-corrected chi connectivity index (χ2v) is 10.9. The summed E-state index contributed by atoms with van der Waals surface area (Å²) in [5.41, 5.74) is 3.02. The molecule has 0 aliphatic carbocycles. The lowest BCUT2D eigenvalue weighted by molar-refractivity contribution is -0.123. The summed E-state index contributed by atoms with van der Waals surface area (Å²) in [6.07, 6.45) is -1.35.